The first-order valence-corrected chi connectivity index (χ1v) is 30.0. The van der Waals surface area contributed by atoms with E-state index >= 15 is 0 Å². The second kappa shape index (κ2) is 31.2. The number of carbonyl (C=O) groups excluding carboxylic acids is 1. The zero-order chi connectivity index (χ0) is 70.6. The van der Waals surface area contributed by atoms with Crippen LogP contribution in [0.4, 0.5) is 105 Å². The lowest BCUT2D eigenvalue weighted by Gasteiger charge is -2.46. The molecule has 0 amide bonds. The molecule has 0 saturated carbocycles. The van der Waals surface area contributed by atoms with Gasteiger partial charge >= 0.3 is 55.4 Å². The molecule has 0 saturated heterocycles. The summed E-state index contributed by atoms with van der Waals surface area (Å²) in [6.07, 6.45) is -33.4. The van der Waals surface area contributed by atoms with Crippen LogP contribution in [0.3, 0.4) is 0 Å². The summed E-state index contributed by atoms with van der Waals surface area (Å²) in [5.41, 5.74) is -27.4. The number of hydrogen-bond donors (Lipinski definition) is 0. The number of unbranched alkanes of at least 4 members (excludes halogenated alkanes) is 15. The standard InChI is InChI=1S/C35H50NO2.C32H12BF24/c1-2-3-4-5-6-7-8-9-10-11-12-13-14-15-16-22-29-38-35(37)34-28-27-32-25-20-21-26-33(32)36(34)30-31-23-18-17-19-24-31;34-25(35,36)13-1-14(26(37,38)39)6-21(5-13)33(22-7-15(27(40,41)42)2-16(8-22)28(43,44)45,23-9-17(29(46,47)48)3-18(10-23)30(49,50)51)24-11-19(31(52,53)54)4-20(12-24)32(55,56)57/h17-21,23-28H,2-16,22,29-30H2,1H3;1-12H/q+1;-1. The second-order valence-corrected chi connectivity index (χ2v) is 23.0. The summed E-state index contributed by atoms with van der Waals surface area (Å²) in [5.74, 6) is -0.229. The Balaban J connectivity index is 0.000000326. The smallest absolute Gasteiger partial charge is 0.416 e. The van der Waals surface area contributed by atoms with Gasteiger partial charge in [0.25, 0.3) is 5.69 Å². The molecule has 1 aromatic heterocycles. The summed E-state index contributed by atoms with van der Waals surface area (Å²) in [6, 6.07) is 13.6. The van der Waals surface area contributed by atoms with E-state index in [4.69, 9.17) is 4.74 Å². The maximum atomic E-state index is 14.2. The van der Waals surface area contributed by atoms with E-state index in [9.17, 15) is 110 Å². The summed E-state index contributed by atoms with van der Waals surface area (Å²) in [6.45, 7) is 3.42. The number of fused-ring (bicyclic) bond motifs is 1. The number of halogens is 24. The SMILES string of the molecule is CCCCCCCCCCCCCCCCCCOC(=O)c1ccc2ccccc2[n+]1Cc1ccccc1.FC(F)(F)c1cc([B-](c2cc(C(F)(F)F)cc(C(F)(F)F)c2)(c2cc(C(F)(F)F)cc(C(F)(F)F)c2)c2cc(C(F)(F)F)cc(C(F)(F)F)c2)cc(C(F)(F)F)c1. The molecule has 3 nitrogen and oxygen atoms in total. The van der Waals surface area contributed by atoms with E-state index in [1.54, 1.807) is 0 Å². The fraction of sp³-hybridized carbons (Fsp3) is 0.403. The highest BCUT2D eigenvalue weighted by atomic mass is 19.4. The van der Waals surface area contributed by atoms with Gasteiger partial charge in [-0.25, -0.2) is 4.79 Å². The lowest BCUT2D eigenvalue weighted by atomic mass is 9.12. The number of hydrogen-bond acceptors (Lipinski definition) is 2. The average Bonchev–Trinajstić information content (AvgIpc) is 0.709. The Labute approximate surface area is 530 Å². The van der Waals surface area contributed by atoms with Crippen molar-refractivity contribution in [2.75, 3.05) is 6.61 Å². The molecule has 1 heterocycles. The summed E-state index contributed by atoms with van der Waals surface area (Å²) < 4.78 is 349. The van der Waals surface area contributed by atoms with Crippen LogP contribution in [0.2, 0.25) is 0 Å². The van der Waals surface area contributed by atoms with E-state index in [2.05, 4.69) is 35.8 Å². The minimum absolute atomic E-state index is 0.229. The maximum Gasteiger partial charge on any atom is 0.416 e. The number of nitrogens with zero attached hydrogens (tertiary/aromatic N) is 1. The van der Waals surface area contributed by atoms with Crippen molar-refractivity contribution in [1.29, 1.82) is 0 Å². The predicted molar refractivity (Wildman–Crippen MR) is 310 cm³/mol. The van der Waals surface area contributed by atoms with Crippen molar-refractivity contribution >= 4 is 44.9 Å². The van der Waals surface area contributed by atoms with Crippen molar-refractivity contribution in [1.82, 2.24) is 0 Å². The third kappa shape index (κ3) is 21.0. The van der Waals surface area contributed by atoms with Crippen molar-refractivity contribution in [3.8, 4) is 0 Å². The van der Waals surface area contributed by atoms with Crippen LogP contribution in [0.5, 0.6) is 0 Å². The van der Waals surface area contributed by atoms with Crippen LogP contribution in [0, 0.1) is 0 Å². The Morgan fingerprint density at radius 2 is 0.611 bits per heavy atom. The van der Waals surface area contributed by atoms with Crippen molar-refractivity contribution in [2.45, 2.75) is 166 Å². The summed E-state index contributed by atoms with van der Waals surface area (Å²) in [5, 5.41) is 1.12. The first-order valence-electron chi connectivity index (χ1n) is 30.0. The largest absolute Gasteiger partial charge is 0.458 e. The molecule has 518 valence electrons. The molecule has 7 aromatic rings. The lowest BCUT2D eigenvalue weighted by molar-refractivity contribution is -0.665. The van der Waals surface area contributed by atoms with Crippen LogP contribution < -0.4 is 26.4 Å². The number of esters is 1. The third-order valence-corrected chi connectivity index (χ3v) is 16.0. The number of para-hydroxylation sites is 1. The monoisotopic (exact) mass is 1380 g/mol. The highest BCUT2D eigenvalue weighted by molar-refractivity contribution is 7.20. The number of benzene rings is 6. The van der Waals surface area contributed by atoms with Gasteiger partial charge in [-0.2, -0.15) is 132 Å². The summed E-state index contributed by atoms with van der Waals surface area (Å²) in [4.78, 5) is 13.0. The van der Waals surface area contributed by atoms with Gasteiger partial charge in [-0.05, 0) is 42.8 Å². The van der Waals surface area contributed by atoms with E-state index in [-0.39, 0.29) is 5.97 Å². The number of ether oxygens (including phenoxy) is 1. The average molecular weight is 1380 g/mol. The summed E-state index contributed by atoms with van der Waals surface area (Å²) >= 11 is 0. The van der Waals surface area contributed by atoms with E-state index in [0.29, 0.717) is 18.8 Å². The van der Waals surface area contributed by atoms with Crippen molar-refractivity contribution in [3.05, 3.63) is 195 Å². The van der Waals surface area contributed by atoms with Gasteiger partial charge in [-0.15, -0.1) is 0 Å². The molecule has 6 aromatic carbocycles. The van der Waals surface area contributed by atoms with E-state index < -0.39 is 195 Å². The van der Waals surface area contributed by atoms with E-state index in [1.807, 2.05) is 42.5 Å². The highest BCUT2D eigenvalue weighted by Gasteiger charge is 2.47. The molecule has 0 aliphatic rings. The molecular formula is C67H62BF24NO2. The van der Waals surface area contributed by atoms with Crippen molar-refractivity contribution < 1.29 is 119 Å². The number of pyridine rings is 1. The normalized spacial score (nSPS) is 13.1. The van der Waals surface area contributed by atoms with Gasteiger partial charge in [-0.3, -0.25) is 0 Å². The number of aromatic nitrogens is 1. The van der Waals surface area contributed by atoms with Crippen molar-refractivity contribution in [3.63, 3.8) is 0 Å². The fourth-order valence-corrected chi connectivity index (χ4v) is 11.3. The first kappa shape index (κ1) is 76.6. The van der Waals surface area contributed by atoms with E-state index in [1.165, 1.54) is 95.5 Å². The van der Waals surface area contributed by atoms with Gasteiger partial charge in [0.2, 0.25) is 5.52 Å². The molecule has 0 fully saturated rings. The Kier molecular flexibility index (Phi) is 25.2. The lowest BCUT2D eigenvalue weighted by Crippen LogP contribution is -2.75. The van der Waals surface area contributed by atoms with Crippen LogP contribution in [-0.2, 0) is 60.7 Å². The molecule has 0 unspecified atom stereocenters. The molecule has 28 heteroatoms. The second-order valence-electron chi connectivity index (χ2n) is 23.0. The highest BCUT2D eigenvalue weighted by Crippen LogP contribution is 2.42. The molecule has 0 radical (unpaired) electrons. The van der Waals surface area contributed by atoms with Gasteiger partial charge in [0.15, 0.2) is 6.54 Å². The van der Waals surface area contributed by atoms with Gasteiger partial charge < -0.3 is 4.74 Å². The maximum absolute atomic E-state index is 14.2. The van der Waals surface area contributed by atoms with Gasteiger partial charge in [0, 0.05) is 23.1 Å². The fourth-order valence-electron chi connectivity index (χ4n) is 11.3. The van der Waals surface area contributed by atoms with E-state index in [0.717, 1.165) is 23.7 Å². The van der Waals surface area contributed by atoms with Crippen LogP contribution in [0.1, 0.15) is 170 Å². The summed E-state index contributed by atoms with van der Waals surface area (Å²) in [7, 11) is 0. The molecule has 95 heavy (non-hydrogen) atoms. The molecule has 0 atom stereocenters. The molecule has 0 bridgehead atoms. The van der Waals surface area contributed by atoms with Crippen LogP contribution >= 0.6 is 0 Å². The Morgan fingerprint density at radius 3 is 0.905 bits per heavy atom. The first-order chi connectivity index (χ1) is 44.1. The third-order valence-electron chi connectivity index (χ3n) is 16.0. The number of rotatable bonds is 24. The minimum atomic E-state index is -6.13. The topological polar surface area (TPSA) is 30.2 Å². The molecule has 0 spiro atoms. The minimum Gasteiger partial charge on any atom is -0.458 e. The van der Waals surface area contributed by atoms with Gasteiger partial charge in [0.1, 0.15) is 6.15 Å². The number of carbonyl (C=O) groups is 1. The predicted octanol–water partition coefficient (Wildman–Crippen LogP) is 20.8. The Bertz CT molecular complexity index is 3220. The van der Waals surface area contributed by atoms with Gasteiger partial charge in [-0.1, -0.05) is 194 Å². The Hall–Kier alpha value is -7.42. The van der Waals surface area contributed by atoms with Crippen molar-refractivity contribution in [2.24, 2.45) is 0 Å². The zero-order valence-corrected chi connectivity index (χ0v) is 50.4. The van der Waals surface area contributed by atoms with Crippen LogP contribution in [0.15, 0.2) is 140 Å². The molecule has 0 aliphatic carbocycles. The Morgan fingerprint density at radius 1 is 0.337 bits per heavy atom. The molecule has 0 aliphatic heterocycles. The van der Waals surface area contributed by atoms with Crippen LogP contribution in [0.25, 0.3) is 10.9 Å². The molecule has 0 N–H and O–H groups in total. The van der Waals surface area contributed by atoms with Gasteiger partial charge in [0.05, 0.1) is 51.1 Å². The zero-order valence-electron chi connectivity index (χ0n) is 50.4. The molecule has 7 rings (SSSR count). The van der Waals surface area contributed by atoms with Crippen LogP contribution in [-0.4, -0.2) is 18.7 Å². The molecular weight excluding hydrogens is 1320 g/mol. The number of alkyl halides is 24. The quantitative estimate of drug-likeness (QED) is 0.0198.